The predicted octanol–water partition coefficient (Wildman–Crippen LogP) is 3.36. The van der Waals surface area contributed by atoms with Crippen LogP contribution < -0.4 is 10.5 Å². The third-order valence-electron chi connectivity index (χ3n) is 2.54. The second kappa shape index (κ2) is 4.79. The van der Waals surface area contributed by atoms with Gasteiger partial charge in [0, 0.05) is 17.3 Å². The molecule has 0 bridgehead atoms. The fourth-order valence-corrected chi connectivity index (χ4v) is 1.72. The highest BCUT2D eigenvalue weighted by Gasteiger charge is 2.33. The molecule has 100 valence electrons. The van der Waals surface area contributed by atoms with E-state index in [4.69, 9.17) is 10.5 Å². The number of methoxy groups -OCH3 is 1. The summed E-state index contributed by atoms with van der Waals surface area (Å²) in [7, 11) is 1.38. The molecule has 0 fully saturated rings. The lowest BCUT2D eigenvalue weighted by molar-refractivity contribution is -0.137. The molecule has 0 saturated carbocycles. The van der Waals surface area contributed by atoms with Crippen LogP contribution in [0.3, 0.4) is 0 Å². The van der Waals surface area contributed by atoms with Gasteiger partial charge in [-0.05, 0) is 12.1 Å². The van der Waals surface area contributed by atoms with Gasteiger partial charge >= 0.3 is 6.18 Å². The zero-order chi connectivity index (χ0) is 14.0. The number of alkyl halides is 3. The number of anilines is 1. The van der Waals surface area contributed by atoms with Crippen molar-refractivity contribution in [2.24, 2.45) is 0 Å². The third-order valence-corrected chi connectivity index (χ3v) is 2.54. The first-order valence-corrected chi connectivity index (χ1v) is 5.40. The molecule has 3 nitrogen and oxygen atoms in total. The van der Waals surface area contributed by atoms with Crippen molar-refractivity contribution in [3.63, 3.8) is 0 Å². The standard InChI is InChI=1S/C13H11F3N2O/c1-19-12-7-8(17)6-11(18-12)9-4-2-3-5-10(9)13(14,15)16/h2-7H,1H3,(H2,17,18). The topological polar surface area (TPSA) is 48.1 Å². The molecule has 0 saturated heterocycles. The van der Waals surface area contributed by atoms with Gasteiger partial charge in [-0.2, -0.15) is 13.2 Å². The van der Waals surface area contributed by atoms with Gasteiger partial charge in [0.05, 0.1) is 18.4 Å². The number of ether oxygens (including phenoxy) is 1. The molecule has 0 aliphatic heterocycles. The van der Waals surface area contributed by atoms with Gasteiger partial charge in [0.1, 0.15) is 0 Å². The number of nitrogen functional groups attached to an aromatic ring is 1. The smallest absolute Gasteiger partial charge is 0.417 e. The van der Waals surface area contributed by atoms with E-state index < -0.39 is 11.7 Å². The highest BCUT2D eigenvalue weighted by molar-refractivity contribution is 5.68. The summed E-state index contributed by atoms with van der Waals surface area (Å²) in [6, 6.07) is 8.03. The van der Waals surface area contributed by atoms with E-state index in [2.05, 4.69) is 4.98 Å². The van der Waals surface area contributed by atoms with E-state index in [-0.39, 0.29) is 17.1 Å². The van der Waals surface area contributed by atoms with Crippen molar-refractivity contribution in [3.05, 3.63) is 42.0 Å². The Morgan fingerprint density at radius 1 is 1.16 bits per heavy atom. The zero-order valence-electron chi connectivity index (χ0n) is 10.0. The van der Waals surface area contributed by atoms with E-state index in [1.54, 1.807) is 0 Å². The number of aromatic nitrogens is 1. The molecule has 2 N–H and O–H groups in total. The Labute approximate surface area is 107 Å². The lowest BCUT2D eigenvalue weighted by atomic mass is 10.0. The number of halogens is 3. The minimum absolute atomic E-state index is 0.0272. The molecule has 0 unspecified atom stereocenters. The van der Waals surface area contributed by atoms with Crippen LogP contribution in [0.15, 0.2) is 36.4 Å². The molecule has 1 heterocycles. The number of hydrogen-bond acceptors (Lipinski definition) is 3. The van der Waals surface area contributed by atoms with Crippen LogP contribution >= 0.6 is 0 Å². The fraction of sp³-hybridized carbons (Fsp3) is 0.154. The zero-order valence-corrected chi connectivity index (χ0v) is 10.0. The lowest BCUT2D eigenvalue weighted by Gasteiger charge is -2.13. The Balaban J connectivity index is 2.62. The number of rotatable bonds is 2. The summed E-state index contributed by atoms with van der Waals surface area (Å²) in [6.07, 6.45) is -4.45. The minimum atomic E-state index is -4.45. The molecule has 0 atom stereocenters. The maximum absolute atomic E-state index is 12.9. The van der Waals surface area contributed by atoms with Crippen molar-refractivity contribution < 1.29 is 17.9 Å². The van der Waals surface area contributed by atoms with Gasteiger partial charge in [-0.15, -0.1) is 0 Å². The molecule has 0 radical (unpaired) electrons. The van der Waals surface area contributed by atoms with Gasteiger partial charge < -0.3 is 10.5 Å². The molecule has 0 spiro atoms. The van der Waals surface area contributed by atoms with Crippen molar-refractivity contribution in [1.29, 1.82) is 0 Å². The average molecular weight is 268 g/mol. The second-order valence-electron chi connectivity index (χ2n) is 3.87. The van der Waals surface area contributed by atoms with Crippen LogP contribution in [0.2, 0.25) is 0 Å². The van der Waals surface area contributed by atoms with Gasteiger partial charge in [-0.3, -0.25) is 0 Å². The van der Waals surface area contributed by atoms with Crippen LogP contribution in [0.25, 0.3) is 11.3 Å². The van der Waals surface area contributed by atoms with Crippen LogP contribution in [0.4, 0.5) is 18.9 Å². The largest absolute Gasteiger partial charge is 0.481 e. The normalized spacial score (nSPS) is 11.4. The molecule has 2 aromatic rings. The van der Waals surface area contributed by atoms with E-state index >= 15 is 0 Å². The first kappa shape index (κ1) is 13.2. The van der Waals surface area contributed by atoms with Gasteiger partial charge in [0.15, 0.2) is 0 Å². The summed E-state index contributed by atoms with van der Waals surface area (Å²) in [6.45, 7) is 0. The highest BCUT2D eigenvalue weighted by Crippen LogP contribution is 2.37. The van der Waals surface area contributed by atoms with Crippen LogP contribution in [0.5, 0.6) is 5.88 Å². The van der Waals surface area contributed by atoms with E-state index in [0.717, 1.165) is 6.07 Å². The first-order valence-electron chi connectivity index (χ1n) is 5.40. The van der Waals surface area contributed by atoms with Gasteiger partial charge in [0.25, 0.3) is 0 Å². The third kappa shape index (κ3) is 2.78. The molecule has 0 amide bonds. The summed E-state index contributed by atoms with van der Waals surface area (Å²) in [5, 5.41) is 0. The predicted molar refractivity (Wildman–Crippen MR) is 65.6 cm³/mol. The number of pyridine rings is 1. The highest BCUT2D eigenvalue weighted by atomic mass is 19.4. The Hall–Kier alpha value is -2.24. The van der Waals surface area contributed by atoms with Crippen LogP contribution in [-0.4, -0.2) is 12.1 Å². The summed E-state index contributed by atoms with van der Waals surface area (Å²) < 4.78 is 43.7. The Kier molecular flexibility index (Phi) is 3.33. The van der Waals surface area contributed by atoms with Crippen molar-refractivity contribution in [2.75, 3.05) is 12.8 Å². The maximum Gasteiger partial charge on any atom is 0.417 e. The molecule has 19 heavy (non-hydrogen) atoms. The Morgan fingerprint density at radius 3 is 2.47 bits per heavy atom. The monoisotopic (exact) mass is 268 g/mol. The number of nitrogens with zero attached hydrogens (tertiary/aromatic N) is 1. The molecular weight excluding hydrogens is 257 g/mol. The van der Waals surface area contributed by atoms with Crippen LogP contribution in [0, 0.1) is 0 Å². The molecule has 2 rings (SSSR count). The van der Waals surface area contributed by atoms with E-state index in [1.165, 1.54) is 37.4 Å². The van der Waals surface area contributed by atoms with Gasteiger partial charge in [-0.1, -0.05) is 18.2 Å². The molecule has 1 aromatic heterocycles. The lowest BCUT2D eigenvalue weighted by Crippen LogP contribution is -2.07. The molecule has 0 aliphatic rings. The number of benzene rings is 1. The number of nitrogens with two attached hydrogens (primary N) is 1. The van der Waals surface area contributed by atoms with Crippen LogP contribution in [0.1, 0.15) is 5.56 Å². The quantitative estimate of drug-likeness (QED) is 0.908. The average Bonchev–Trinajstić information content (AvgIpc) is 2.37. The summed E-state index contributed by atoms with van der Waals surface area (Å²) in [5.41, 5.74) is 5.27. The molecule has 0 aliphatic carbocycles. The maximum atomic E-state index is 12.9. The molecule has 6 heteroatoms. The van der Waals surface area contributed by atoms with E-state index in [9.17, 15) is 13.2 Å². The summed E-state index contributed by atoms with van der Waals surface area (Å²) in [5.74, 6) is 0.173. The van der Waals surface area contributed by atoms with Crippen molar-refractivity contribution >= 4 is 5.69 Å². The summed E-state index contributed by atoms with van der Waals surface area (Å²) >= 11 is 0. The van der Waals surface area contributed by atoms with E-state index in [0.29, 0.717) is 5.69 Å². The van der Waals surface area contributed by atoms with Gasteiger partial charge in [-0.25, -0.2) is 4.98 Å². The first-order chi connectivity index (χ1) is 8.91. The number of hydrogen-bond donors (Lipinski definition) is 1. The Morgan fingerprint density at radius 2 is 1.84 bits per heavy atom. The van der Waals surface area contributed by atoms with Crippen molar-refractivity contribution in [3.8, 4) is 17.1 Å². The van der Waals surface area contributed by atoms with Gasteiger partial charge in [0.2, 0.25) is 5.88 Å². The SMILES string of the molecule is COc1cc(N)cc(-c2ccccc2C(F)(F)F)n1. The molecular formula is C13H11F3N2O. The van der Waals surface area contributed by atoms with Crippen LogP contribution in [-0.2, 0) is 6.18 Å². The Bertz CT molecular complexity index is 597. The van der Waals surface area contributed by atoms with Crippen molar-refractivity contribution in [1.82, 2.24) is 4.98 Å². The van der Waals surface area contributed by atoms with Crippen molar-refractivity contribution in [2.45, 2.75) is 6.18 Å². The van der Waals surface area contributed by atoms with E-state index in [1.807, 2.05) is 0 Å². The fourth-order valence-electron chi connectivity index (χ4n) is 1.72. The molecule has 1 aromatic carbocycles. The minimum Gasteiger partial charge on any atom is -0.481 e. The summed E-state index contributed by atoms with van der Waals surface area (Å²) in [4.78, 5) is 3.99. The second-order valence-corrected chi connectivity index (χ2v) is 3.87.